The molecule has 7 nitrogen and oxygen atoms in total. The second kappa shape index (κ2) is 6.60. The van der Waals surface area contributed by atoms with Crippen LogP contribution in [0.25, 0.3) is 0 Å². The standard InChI is InChI=1S/C14H19F3N4O3S/c15-14(16,17)8-18-13(22)12-7-11(19-20-12)9-3-5-21(6-4-9)25(23,24)10-1-2-10/h7,9-10H,1-6,8H2,(H,18,22)(H,19,20). The van der Waals surface area contributed by atoms with E-state index in [1.165, 1.54) is 10.4 Å². The van der Waals surface area contributed by atoms with Gasteiger partial charge >= 0.3 is 6.18 Å². The molecule has 0 radical (unpaired) electrons. The zero-order chi connectivity index (χ0) is 18.2. The summed E-state index contributed by atoms with van der Waals surface area (Å²) in [7, 11) is -3.19. The molecular weight excluding hydrogens is 361 g/mol. The van der Waals surface area contributed by atoms with Crippen LogP contribution < -0.4 is 5.32 Å². The maximum absolute atomic E-state index is 12.2. The highest BCUT2D eigenvalue weighted by Gasteiger charge is 2.41. The van der Waals surface area contributed by atoms with Gasteiger partial charge in [-0.05, 0) is 31.7 Å². The van der Waals surface area contributed by atoms with Gasteiger partial charge < -0.3 is 5.32 Å². The van der Waals surface area contributed by atoms with E-state index in [0.717, 1.165) is 12.8 Å². The molecule has 1 aliphatic heterocycles. The number of aromatic amines is 1. The van der Waals surface area contributed by atoms with Crippen molar-refractivity contribution in [3.8, 4) is 0 Å². The molecule has 1 aromatic heterocycles. The number of piperidine rings is 1. The summed E-state index contributed by atoms with van der Waals surface area (Å²) in [6.07, 6.45) is -1.87. The minimum absolute atomic E-state index is 0.00215. The van der Waals surface area contributed by atoms with Crippen molar-refractivity contribution in [1.29, 1.82) is 0 Å². The summed E-state index contributed by atoms with van der Waals surface area (Å²) in [5.74, 6) is -0.893. The highest BCUT2D eigenvalue weighted by molar-refractivity contribution is 7.90. The van der Waals surface area contributed by atoms with Gasteiger partial charge in [-0.1, -0.05) is 0 Å². The zero-order valence-electron chi connectivity index (χ0n) is 13.3. The van der Waals surface area contributed by atoms with E-state index >= 15 is 0 Å². The smallest absolute Gasteiger partial charge is 0.342 e. The van der Waals surface area contributed by atoms with Crippen molar-refractivity contribution in [3.63, 3.8) is 0 Å². The first-order chi connectivity index (χ1) is 11.7. The van der Waals surface area contributed by atoms with E-state index in [0.29, 0.717) is 31.6 Å². The minimum atomic E-state index is -4.48. The Hall–Kier alpha value is -1.62. The van der Waals surface area contributed by atoms with Crippen LogP contribution in [0.1, 0.15) is 47.8 Å². The number of hydrogen-bond donors (Lipinski definition) is 2. The Kier molecular flexibility index (Phi) is 4.80. The number of halogens is 3. The predicted molar refractivity (Wildman–Crippen MR) is 82.5 cm³/mol. The maximum atomic E-state index is 12.2. The van der Waals surface area contributed by atoms with E-state index in [9.17, 15) is 26.4 Å². The summed E-state index contributed by atoms with van der Waals surface area (Å²) in [4.78, 5) is 11.7. The fraction of sp³-hybridized carbons (Fsp3) is 0.714. The lowest BCUT2D eigenvalue weighted by molar-refractivity contribution is -0.123. The topological polar surface area (TPSA) is 95.2 Å². The van der Waals surface area contributed by atoms with Crippen LogP contribution >= 0.6 is 0 Å². The first kappa shape index (κ1) is 18.2. The largest absolute Gasteiger partial charge is 0.405 e. The normalized spacial score (nSPS) is 20.6. The fourth-order valence-corrected chi connectivity index (χ4v) is 4.80. The molecule has 2 fully saturated rings. The Labute approximate surface area is 143 Å². The molecule has 3 rings (SSSR count). The maximum Gasteiger partial charge on any atom is 0.405 e. The first-order valence-corrected chi connectivity index (χ1v) is 9.56. The molecule has 0 bridgehead atoms. The van der Waals surface area contributed by atoms with Crippen molar-refractivity contribution in [2.45, 2.75) is 43.0 Å². The van der Waals surface area contributed by atoms with E-state index in [1.54, 1.807) is 5.32 Å². The van der Waals surface area contributed by atoms with Gasteiger partial charge in [-0.25, -0.2) is 12.7 Å². The lowest BCUT2D eigenvalue weighted by Crippen LogP contribution is -2.39. The molecule has 1 saturated heterocycles. The van der Waals surface area contributed by atoms with Crippen molar-refractivity contribution in [2.24, 2.45) is 0 Å². The Morgan fingerprint density at radius 3 is 2.48 bits per heavy atom. The van der Waals surface area contributed by atoms with E-state index in [4.69, 9.17) is 0 Å². The van der Waals surface area contributed by atoms with Crippen LogP contribution in [0.15, 0.2) is 6.07 Å². The van der Waals surface area contributed by atoms with Crippen LogP contribution in [-0.2, 0) is 10.0 Å². The van der Waals surface area contributed by atoms with E-state index in [-0.39, 0.29) is 16.9 Å². The SMILES string of the molecule is O=C(NCC(F)(F)F)c1cc(C2CCN(S(=O)(=O)C3CC3)CC2)[nH]n1. The first-order valence-electron chi connectivity index (χ1n) is 8.06. The highest BCUT2D eigenvalue weighted by Crippen LogP contribution is 2.35. The van der Waals surface area contributed by atoms with Crippen molar-refractivity contribution in [3.05, 3.63) is 17.5 Å². The number of H-pyrrole nitrogens is 1. The summed E-state index contributed by atoms with van der Waals surface area (Å²) in [5, 5.41) is 7.98. The number of sulfonamides is 1. The number of nitrogens with one attached hydrogen (secondary N) is 2. The number of rotatable bonds is 5. The van der Waals surface area contributed by atoms with Gasteiger partial charge in [-0.3, -0.25) is 9.89 Å². The molecule has 25 heavy (non-hydrogen) atoms. The third-order valence-electron chi connectivity index (χ3n) is 4.48. The van der Waals surface area contributed by atoms with Crippen LogP contribution in [0.4, 0.5) is 13.2 Å². The van der Waals surface area contributed by atoms with Crippen LogP contribution in [0.5, 0.6) is 0 Å². The van der Waals surface area contributed by atoms with Gasteiger partial charge in [0, 0.05) is 24.7 Å². The molecule has 11 heteroatoms. The van der Waals surface area contributed by atoms with Gasteiger partial charge in [0.25, 0.3) is 5.91 Å². The van der Waals surface area contributed by atoms with Crippen LogP contribution in [0, 0.1) is 0 Å². The number of hydrogen-bond acceptors (Lipinski definition) is 4. The molecule has 1 aromatic rings. The molecule has 140 valence electrons. The molecular formula is C14H19F3N4O3S. The van der Waals surface area contributed by atoms with E-state index < -0.39 is 28.7 Å². The third kappa shape index (κ3) is 4.32. The van der Waals surface area contributed by atoms with Crippen LogP contribution in [-0.4, -0.2) is 59.9 Å². The van der Waals surface area contributed by atoms with Gasteiger partial charge in [-0.15, -0.1) is 0 Å². The molecule has 0 aromatic carbocycles. The predicted octanol–water partition coefficient (Wildman–Crippen LogP) is 1.37. The second-order valence-corrected chi connectivity index (χ2v) is 8.64. The van der Waals surface area contributed by atoms with Crippen LogP contribution in [0.2, 0.25) is 0 Å². The summed E-state index contributed by atoms with van der Waals surface area (Å²) < 4.78 is 62.3. The number of amides is 1. The lowest BCUT2D eigenvalue weighted by Gasteiger charge is -2.30. The Morgan fingerprint density at radius 1 is 1.28 bits per heavy atom. The van der Waals surface area contributed by atoms with E-state index in [1.807, 2.05) is 0 Å². The summed E-state index contributed by atoms with van der Waals surface area (Å²) in [6.45, 7) is -0.609. The Balaban J connectivity index is 1.56. The number of alkyl halides is 3. The second-order valence-electron chi connectivity index (χ2n) is 6.42. The minimum Gasteiger partial charge on any atom is -0.342 e. The third-order valence-corrected chi connectivity index (χ3v) is 6.88. The Morgan fingerprint density at radius 2 is 1.92 bits per heavy atom. The molecule has 2 N–H and O–H groups in total. The number of carbonyl (C=O) groups excluding carboxylic acids is 1. The average molecular weight is 380 g/mol. The molecule has 0 unspecified atom stereocenters. The van der Waals surface area contributed by atoms with Crippen molar-refractivity contribution >= 4 is 15.9 Å². The van der Waals surface area contributed by atoms with E-state index in [2.05, 4.69) is 10.2 Å². The molecule has 0 atom stereocenters. The summed E-state index contributed by atoms with van der Waals surface area (Å²) in [6, 6.07) is 1.43. The average Bonchev–Trinajstić information content (AvgIpc) is 3.30. The summed E-state index contributed by atoms with van der Waals surface area (Å²) in [5.41, 5.74) is 0.535. The number of carbonyl (C=O) groups is 1. The Bertz CT molecular complexity index is 735. The quantitative estimate of drug-likeness (QED) is 0.807. The molecule has 0 spiro atoms. The lowest BCUT2D eigenvalue weighted by atomic mass is 9.94. The van der Waals surface area contributed by atoms with Crippen molar-refractivity contribution in [2.75, 3.05) is 19.6 Å². The van der Waals surface area contributed by atoms with Gasteiger partial charge in [0.15, 0.2) is 0 Å². The van der Waals surface area contributed by atoms with Crippen molar-refractivity contribution < 1.29 is 26.4 Å². The molecule has 2 heterocycles. The number of nitrogens with zero attached hydrogens (tertiary/aromatic N) is 2. The zero-order valence-corrected chi connectivity index (χ0v) is 14.2. The van der Waals surface area contributed by atoms with Crippen LogP contribution in [0.3, 0.4) is 0 Å². The highest BCUT2D eigenvalue weighted by atomic mass is 32.2. The van der Waals surface area contributed by atoms with Gasteiger partial charge in [0.1, 0.15) is 12.2 Å². The van der Waals surface area contributed by atoms with Crippen molar-refractivity contribution in [1.82, 2.24) is 19.8 Å². The number of aromatic nitrogens is 2. The van der Waals surface area contributed by atoms with Gasteiger partial charge in [-0.2, -0.15) is 18.3 Å². The van der Waals surface area contributed by atoms with Gasteiger partial charge in [0.05, 0.1) is 5.25 Å². The molecule has 1 amide bonds. The monoisotopic (exact) mass is 380 g/mol. The molecule has 2 aliphatic rings. The molecule has 1 saturated carbocycles. The van der Waals surface area contributed by atoms with Gasteiger partial charge in [0.2, 0.25) is 10.0 Å². The summed E-state index contributed by atoms with van der Waals surface area (Å²) >= 11 is 0. The fourth-order valence-electron chi connectivity index (χ4n) is 2.93. The molecule has 1 aliphatic carbocycles.